The van der Waals surface area contributed by atoms with Gasteiger partial charge in [0.05, 0.1) is 11.1 Å². The Morgan fingerprint density at radius 2 is 1.63 bits per heavy atom. The van der Waals surface area contributed by atoms with Gasteiger partial charge in [0.25, 0.3) is 0 Å². The fourth-order valence-electron chi connectivity index (χ4n) is 6.35. The van der Waals surface area contributed by atoms with Crippen LogP contribution in [0.25, 0.3) is 22.2 Å². The van der Waals surface area contributed by atoms with Gasteiger partial charge in [0, 0.05) is 50.0 Å². The molecule has 2 atom stereocenters. The van der Waals surface area contributed by atoms with Crippen LogP contribution in [0.4, 0.5) is 10.5 Å². The molecule has 2 aromatic heterocycles. The first-order chi connectivity index (χ1) is 22.1. The van der Waals surface area contributed by atoms with Gasteiger partial charge in [-0.25, -0.2) is 9.78 Å². The maximum Gasteiger partial charge on any atom is 0.410 e. The molecule has 0 spiro atoms. The summed E-state index contributed by atoms with van der Waals surface area (Å²) in [6, 6.07) is 31.3. The van der Waals surface area contributed by atoms with Crippen molar-refractivity contribution in [1.29, 1.82) is 0 Å². The quantitative estimate of drug-likeness (QED) is 0.184. The first-order valence-electron chi connectivity index (χ1n) is 16.0. The van der Waals surface area contributed by atoms with Gasteiger partial charge in [0.2, 0.25) is 5.88 Å². The van der Waals surface area contributed by atoms with Crippen molar-refractivity contribution in [3.8, 4) is 17.1 Å². The van der Waals surface area contributed by atoms with Crippen LogP contribution >= 0.6 is 0 Å². The van der Waals surface area contributed by atoms with Gasteiger partial charge in [-0.15, -0.1) is 0 Å². The summed E-state index contributed by atoms with van der Waals surface area (Å²) in [6.45, 7) is 8.77. The van der Waals surface area contributed by atoms with Crippen LogP contribution in [0.5, 0.6) is 5.88 Å². The van der Waals surface area contributed by atoms with Crippen LogP contribution in [0.3, 0.4) is 0 Å². The summed E-state index contributed by atoms with van der Waals surface area (Å²) in [5, 5.41) is 6.02. The number of anilines is 1. The minimum absolute atomic E-state index is 0.132. The molecular formula is C38H43N5O3. The second-order valence-electron chi connectivity index (χ2n) is 13.2. The average molecular weight is 618 g/mol. The number of pyridine rings is 1. The number of nitrogens with zero attached hydrogens (tertiary/aromatic N) is 5. The number of aromatic nitrogens is 3. The number of ether oxygens (including phenoxy) is 2. The molecule has 0 N–H and O–H groups in total. The number of carbonyl (C=O) groups is 1. The van der Waals surface area contributed by atoms with Crippen molar-refractivity contribution in [2.45, 2.75) is 64.3 Å². The number of amides is 1. The van der Waals surface area contributed by atoms with E-state index in [-0.39, 0.29) is 24.3 Å². The Bertz CT molecular complexity index is 1760. The highest BCUT2D eigenvalue weighted by atomic mass is 16.6. The lowest BCUT2D eigenvalue weighted by Gasteiger charge is -2.42. The molecule has 1 saturated heterocycles. The number of fused-ring (bicyclic) bond motifs is 1. The van der Waals surface area contributed by atoms with Gasteiger partial charge in [-0.1, -0.05) is 60.7 Å². The average Bonchev–Trinajstić information content (AvgIpc) is 3.38. The topological polar surface area (TPSA) is 72.7 Å². The third-order valence-electron chi connectivity index (χ3n) is 8.70. The van der Waals surface area contributed by atoms with Gasteiger partial charge >= 0.3 is 6.09 Å². The van der Waals surface area contributed by atoms with Crippen LogP contribution in [0.1, 0.15) is 57.8 Å². The normalized spacial score (nSPS) is 16.9. The van der Waals surface area contributed by atoms with E-state index in [1.807, 2.05) is 88.1 Å². The molecule has 0 aliphatic carbocycles. The van der Waals surface area contributed by atoms with Gasteiger partial charge in [0.1, 0.15) is 11.3 Å². The van der Waals surface area contributed by atoms with Gasteiger partial charge < -0.3 is 19.3 Å². The van der Waals surface area contributed by atoms with E-state index >= 15 is 0 Å². The van der Waals surface area contributed by atoms with Gasteiger partial charge in [0.15, 0.2) is 6.10 Å². The van der Waals surface area contributed by atoms with E-state index in [4.69, 9.17) is 19.6 Å². The number of hydrogen-bond donors (Lipinski definition) is 0. The second kappa shape index (κ2) is 12.9. The van der Waals surface area contributed by atoms with Crippen molar-refractivity contribution in [2.24, 2.45) is 7.05 Å². The molecule has 3 heterocycles. The number of hydrogen-bond acceptors (Lipinski definition) is 6. The molecule has 5 aromatic rings. The van der Waals surface area contributed by atoms with Crippen LogP contribution in [0.2, 0.25) is 0 Å². The lowest BCUT2D eigenvalue weighted by molar-refractivity contribution is 0.0191. The fraction of sp³-hybridized carbons (Fsp3) is 0.342. The summed E-state index contributed by atoms with van der Waals surface area (Å²) < 4.78 is 14.3. The van der Waals surface area contributed by atoms with E-state index in [2.05, 4.69) is 54.3 Å². The van der Waals surface area contributed by atoms with E-state index in [0.717, 1.165) is 58.4 Å². The molecule has 0 radical (unpaired) electrons. The van der Waals surface area contributed by atoms with Crippen molar-refractivity contribution in [3.63, 3.8) is 0 Å². The second-order valence-corrected chi connectivity index (χ2v) is 13.2. The summed E-state index contributed by atoms with van der Waals surface area (Å²) >= 11 is 0. The smallest absolute Gasteiger partial charge is 0.410 e. The van der Waals surface area contributed by atoms with Crippen LogP contribution in [-0.4, -0.2) is 57.0 Å². The van der Waals surface area contributed by atoms with Crippen LogP contribution in [0, 0.1) is 0 Å². The van der Waals surface area contributed by atoms with Crippen molar-refractivity contribution >= 4 is 22.7 Å². The van der Waals surface area contributed by atoms with E-state index in [0.29, 0.717) is 5.88 Å². The summed E-state index contributed by atoms with van der Waals surface area (Å²) in [6.07, 6.45) is 2.91. The number of rotatable bonds is 7. The molecule has 1 aliphatic rings. The highest BCUT2D eigenvalue weighted by Crippen LogP contribution is 2.38. The molecule has 0 saturated carbocycles. The van der Waals surface area contributed by atoms with E-state index < -0.39 is 5.60 Å². The first kappa shape index (κ1) is 31.1. The Morgan fingerprint density at radius 3 is 2.26 bits per heavy atom. The van der Waals surface area contributed by atoms with E-state index in [1.165, 1.54) is 0 Å². The molecule has 1 fully saturated rings. The zero-order valence-electron chi connectivity index (χ0n) is 27.6. The number of carbonyl (C=O) groups excluding carboxylic acids is 1. The maximum absolute atomic E-state index is 12.7. The van der Waals surface area contributed by atoms with Crippen molar-refractivity contribution in [1.82, 2.24) is 19.7 Å². The Hall–Kier alpha value is -4.85. The van der Waals surface area contributed by atoms with Crippen molar-refractivity contribution in [2.75, 3.05) is 18.5 Å². The maximum atomic E-state index is 12.7. The predicted molar refractivity (Wildman–Crippen MR) is 183 cm³/mol. The summed E-state index contributed by atoms with van der Waals surface area (Å²) in [4.78, 5) is 21.6. The van der Waals surface area contributed by atoms with Gasteiger partial charge in [-0.05, 0) is 82.0 Å². The Labute approximate surface area is 271 Å². The lowest BCUT2D eigenvalue weighted by atomic mass is 9.96. The predicted octanol–water partition coefficient (Wildman–Crippen LogP) is 8.03. The van der Waals surface area contributed by atoms with Crippen molar-refractivity contribution < 1.29 is 14.3 Å². The van der Waals surface area contributed by atoms with Crippen LogP contribution < -0.4 is 9.64 Å². The van der Waals surface area contributed by atoms with Gasteiger partial charge in [-0.2, -0.15) is 5.10 Å². The monoisotopic (exact) mass is 617 g/mol. The standard InChI is InChI=1S/C38H43N5O3/c1-26-24-29(41(5)37(44)46-38(2,3)4)21-23-43(26)30-19-20-31-33(25-30)42(6)40-34(31)32-18-13-22-39-36(32)45-35(27-14-9-7-10-15-27)28-16-11-8-12-17-28/h7-20,22,25-26,29,35H,21,23-24H2,1-6H3/t26-,29-/m1/s1. The summed E-state index contributed by atoms with van der Waals surface area (Å²) in [5.41, 5.74) is 5.44. The number of benzene rings is 3. The molecule has 1 aliphatic heterocycles. The summed E-state index contributed by atoms with van der Waals surface area (Å²) in [7, 11) is 3.83. The Balaban J connectivity index is 1.26. The molecule has 3 aromatic carbocycles. The van der Waals surface area contributed by atoms with Crippen LogP contribution in [-0.2, 0) is 11.8 Å². The fourth-order valence-corrected chi connectivity index (χ4v) is 6.35. The van der Waals surface area contributed by atoms with Crippen molar-refractivity contribution in [3.05, 3.63) is 108 Å². The molecule has 46 heavy (non-hydrogen) atoms. The minimum atomic E-state index is -0.511. The van der Waals surface area contributed by atoms with Gasteiger partial charge in [-0.3, -0.25) is 4.68 Å². The molecule has 6 rings (SSSR count). The highest BCUT2D eigenvalue weighted by Gasteiger charge is 2.32. The van der Waals surface area contributed by atoms with E-state index in [1.54, 1.807) is 11.1 Å². The molecular weight excluding hydrogens is 574 g/mol. The Kier molecular flexibility index (Phi) is 8.71. The molecule has 8 heteroatoms. The summed E-state index contributed by atoms with van der Waals surface area (Å²) in [5.74, 6) is 0.536. The third-order valence-corrected chi connectivity index (χ3v) is 8.70. The Morgan fingerprint density at radius 1 is 0.957 bits per heavy atom. The molecule has 238 valence electrons. The lowest BCUT2D eigenvalue weighted by Crippen LogP contribution is -2.50. The first-order valence-corrected chi connectivity index (χ1v) is 16.0. The molecule has 0 bridgehead atoms. The molecule has 0 unspecified atom stereocenters. The number of piperidine rings is 1. The third kappa shape index (κ3) is 6.57. The molecule has 1 amide bonds. The number of aryl methyl sites for hydroxylation is 1. The van der Waals surface area contributed by atoms with Crippen LogP contribution in [0.15, 0.2) is 97.2 Å². The zero-order valence-corrected chi connectivity index (χ0v) is 27.6. The SMILES string of the molecule is C[C@@H]1C[C@H](N(C)C(=O)OC(C)(C)C)CCN1c1ccc2c(-c3cccnc3OC(c3ccccc3)c3ccccc3)nn(C)c2c1. The molecule has 8 nitrogen and oxygen atoms in total. The minimum Gasteiger partial charge on any atom is -0.464 e. The zero-order chi connectivity index (χ0) is 32.4. The highest BCUT2D eigenvalue weighted by molar-refractivity contribution is 5.96. The van der Waals surface area contributed by atoms with E-state index in [9.17, 15) is 4.79 Å². The largest absolute Gasteiger partial charge is 0.464 e.